The Morgan fingerprint density at radius 3 is 2.62 bits per heavy atom. The highest BCUT2D eigenvalue weighted by atomic mass is 35.5. The topological polar surface area (TPSA) is 53.6 Å². The number of morpholine rings is 1. The van der Waals surface area contributed by atoms with E-state index in [9.17, 15) is 4.79 Å². The van der Waals surface area contributed by atoms with Gasteiger partial charge in [0.25, 0.3) is 5.91 Å². The van der Waals surface area contributed by atoms with Crippen molar-refractivity contribution in [2.45, 2.75) is 31.5 Å². The van der Waals surface area contributed by atoms with Crippen LogP contribution in [-0.4, -0.2) is 55.7 Å². The van der Waals surface area contributed by atoms with Gasteiger partial charge >= 0.3 is 0 Å². The van der Waals surface area contributed by atoms with E-state index in [1.165, 1.54) is 5.56 Å². The summed E-state index contributed by atoms with van der Waals surface area (Å²) < 4.78 is 5.68. The van der Waals surface area contributed by atoms with Gasteiger partial charge in [0.15, 0.2) is 0 Å². The number of carbonyl (C=O) groups excluding carboxylic acids is 1. The minimum atomic E-state index is -0.340. The van der Waals surface area contributed by atoms with Crippen LogP contribution in [-0.2, 0) is 16.1 Å². The smallest absolute Gasteiger partial charge is 0.250 e. The van der Waals surface area contributed by atoms with Crippen molar-refractivity contribution in [1.29, 1.82) is 0 Å². The van der Waals surface area contributed by atoms with E-state index in [1.807, 2.05) is 6.07 Å². The summed E-state index contributed by atoms with van der Waals surface area (Å²) in [6, 6.07) is 10.7. The summed E-state index contributed by atoms with van der Waals surface area (Å²) in [4.78, 5) is 14.7. The molecule has 2 fully saturated rings. The molecule has 5 nitrogen and oxygen atoms in total. The van der Waals surface area contributed by atoms with Crippen LogP contribution in [0.4, 0.5) is 0 Å². The lowest BCUT2D eigenvalue weighted by Gasteiger charge is -2.33. The lowest BCUT2D eigenvalue weighted by atomic mass is 10.1. The van der Waals surface area contributed by atoms with E-state index in [1.54, 1.807) is 0 Å². The Bertz CT molecular complexity index is 484. The number of hydrogen-bond acceptors (Lipinski definition) is 4. The second-order valence-electron chi connectivity index (χ2n) is 6.11. The van der Waals surface area contributed by atoms with Crippen LogP contribution >= 0.6 is 24.8 Å². The van der Waals surface area contributed by atoms with Crippen molar-refractivity contribution in [1.82, 2.24) is 15.5 Å². The molecule has 1 atom stereocenters. The Morgan fingerprint density at radius 1 is 1.21 bits per heavy atom. The maximum Gasteiger partial charge on any atom is 0.250 e. The minimum Gasteiger partial charge on any atom is -0.366 e. The zero-order valence-electron chi connectivity index (χ0n) is 13.8. The summed E-state index contributed by atoms with van der Waals surface area (Å²) >= 11 is 0. The van der Waals surface area contributed by atoms with E-state index < -0.39 is 0 Å². The summed E-state index contributed by atoms with van der Waals surface area (Å²) in [7, 11) is 0. The summed E-state index contributed by atoms with van der Waals surface area (Å²) in [6.45, 7) is 5.02. The molecule has 3 rings (SSSR count). The maximum atomic E-state index is 12.4. The molecule has 1 unspecified atom stereocenters. The van der Waals surface area contributed by atoms with Gasteiger partial charge in [-0.2, -0.15) is 0 Å². The number of amides is 1. The van der Waals surface area contributed by atoms with E-state index in [2.05, 4.69) is 39.8 Å². The van der Waals surface area contributed by atoms with Gasteiger partial charge in [0.05, 0.1) is 6.61 Å². The number of nitrogens with zero attached hydrogens (tertiary/aromatic N) is 1. The lowest BCUT2D eigenvalue weighted by Crippen LogP contribution is -2.52. The highest BCUT2D eigenvalue weighted by molar-refractivity contribution is 5.85. The van der Waals surface area contributed by atoms with Gasteiger partial charge in [-0.05, 0) is 31.5 Å². The number of piperidine rings is 1. The average Bonchev–Trinajstić information content (AvgIpc) is 2.57. The van der Waals surface area contributed by atoms with Crippen molar-refractivity contribution in [3.8, 4) is 0 Å². The fourth-order valence-corrected chi connectivity index (χ4v) is 3.11. The standard InChI is InChI=1S/C17H25N3O2.2ClH/c21-17(19-15-6-8-18-9-7-15)16-13-20(10-11-22-16)12-14-4-2-1-3-5-14;;/h1-5,15-16,18H,6-13H2,(H,19,21);2*1H. The van der Waals surface area contributed by atoms with E-state index in [4.69, 9.17) is 4.74 Å². The second kappa shape index (κ2) is 10.9. The van der Waals surface area contributed by atoms with Gasteiger partial charge in [0.2, 0.25) is 0 Å². The fourth-order valence-electron chi connectivity index (χ4n) is 3.11. The monoisotopic (exact) mass is 375 g/mol. The molecule has 136 valence electrons. The Kier molecular flexibility index (Phi) is 9.63. The molecule has 24 heavy (non-hydrogen) atoms. The zero-order valence-corrected chi connectivity index (χ0v) is 15.4. The van der Waals surface area contributed by atoms with Crippen molar-refractivity contribution < 1.29 is 9.53 Å². The molecule has 2 aliphatic heterocycles. The van der Waals surface area contributed by atoms with Gasteiger partial charge in [0, 0.05) is 25.7 Å². The minimum absolute atomic E-state index is 0. The quantitative estimate of drug-likeness (QED) is 0.838. The van der Waals surface area contributed by atoms with Crippen LogP contribution < -0.4 is 10.6 Å². The molecule has 1 aromatic carbocycles. The van der Waals surface area contributed by atoms with Crippen LogP contribution in [0.25, 0.3) is 0 Å². The molecule has 7 heteroatoms. The van der Waals surface area contributed by atoms with Crippen LogP contribution in [0, 0.1) is 0 Å². The zero-order chi connectivity index (χ0) is 15.2. The van der Waals surface area contributed by atoms with Crippen molar-refractivity contribution in [2.24, 2.45) is 0 Å². The molecule has 0 bridgehead atoms. The summed E-state index contributed by atoms with van der Waals surface area (Å²) in [6.07, 6.45) is 1.67. The van der Waals surface area contributed by atoms with Crippen molar-refractivity contribution in [3.05, 3.63) is 35.9 Å². The van der Waals surface area contributed by atoms with Crippen LogP contribution in [0.3, 0.4) is 0 Å². The molecule has 0 spiro atoms. The van der Waals surface area contributed by atoms with E-state index >= 15 is 0 Å². The molecule has 1 aromatic rings. The molecule has 0 aromatic heterocycles. The SMILES string of the molecule is Cl.Cl.O=C(NC1CCNCC1)C1CN(Cc2ccccc2)CCO1. The largest absolute Gasteiger partial charge is 0.366 e. The van der Waals surface area contributed by atoms with Gasteiger partial charge in [-0.1, -0.05) is 30.3 Å². The molecular weight excluding hydrogens is 349 g/mol. The third-order valence-corrected chi connectivity index (χ3v) is 4.38. The number of nitrogens with one attached hydrogen (secondary N) is 2. The Hall–Kier alpha value is -0.850. The maximum absolute atomic E-state index is 12.4. The predicted octanol–water partition coefficient (Wildman–Crippen LogP) is 1.60. The van der Waals surface area contributed by atoms with Crippen molar-refractivity contribution in [2.75, 3.05) is 32.8 Å². The van der Waals surface area contributed by atoms with Crippen LogP contribution in [0.2, 0.25) is 0 Å². The first-order valence-corrected chi connectivity index (χ1v) is 8.20. The van der Waals surface area contributed by atoms with Crippen molar-refractivity contribution in [3.63, 3.8) is 0 Å². The number of halogens is 2. The van der Waals surface area contributed by atoms with E-state index in [0.717, 1.165) is 39.0 Å². The van der Waals surface area contributed by atoms with Gasteiger partial charge in [-0.25, -0.2) is 0 Å². The van der Waals surface area contributed by atoms with E-state index in [0.29, 0.717) is 19.2 Å². The molecule has 2 aliphatic rings. The highest BCUT2D eigenvalue weighted by Crippen LogP contribution is 2.11. The van der Waals surface area contributed by atoms with Crippen LogP contribution in [0.5, 0.6) is 0 Å². The summed E-state index contributed by atoms with van der Waals surface area (Å²) in [5, 5.41) is 6.45. The molecule has 0 aliphatic carbocycles. The third-order valence-electron chi connectivity index (χ3n) is 4.38. The Morgan fingerprint density at radius 2 is 1.92 bits per heavy atom. The fraction of sp³-hybridized carbons (Fsp3) is 0.588. The predicted molar refractivity (Wildman–Crippen MR) is 100.0 cm³/mol. The molecule has 0 saturated carbocycles. The Balaban J connectivity index is 0.00000144. The first-order valence-electron chi connectivity index (χ1n) is 8.20. The van der Waals surface area contributed by atoms with Gasteiger partial charge < -0.3 is 15.4 Å². The van der Waals surface area contributed by atoms with Crippen LogP contribution in [0.15, 0.2) is 30.3 Å². The van der Waals surface area contributed by atoms with Gasteiger partial charge in [-0.15, -0.1) is 24.8 Å². The van der Waals surface area contributed by atoms with Gasteiger partial charge in [0.1, 0.15) is 6.10 Å². The highest BCUT2D eigenvalue weighted by Gasteiger charge is 2.28. The third kappa shape index (κ3) is 6.22. The molecule has 1 amide bonds. The normalized spacial score (nSPS) is 22.1. The van der Waals surface area contributed by atoms with Crippen LogP contribution in [0.1, 0.15) is 18.4 Å². The number of rotatable bonds is 4. The number of ether oxygens (including phenoxy) is 1. The van der Waals surface area contributed by atoms with Gasteiger partial charge in [-0.3, -0.25) is 9.69 Å². The molecule has 0 radical (unpaired) electrons. The molecule has 2 saturated heterocycles. The lowest BCUT2D eigenvalue weighted by molar-refractivity contribution is -0.139. The Labute approximate surface area is 156 Å². The molecule has 2 N–H and O–H groups in total. The first-order chi connectivity index (χ1) is 10.8. The van der Waals surface area contributed by atoms with E-state index in [-0.39, 0.29) is 36.8 Å². The number of benzene rings is 1. The number of hydrogen-bond donors (Lipinski definition) is 2. The molecule has 2 heterocycles. The molecular formula is C17H27Cl2N3O2. The average molecular weight is 376 g/mol. The van der Waals surface area contributed by atoms with Crippen molar-refractivity contribution >= 4 is 30.7 Å². The second-order valence-corrected chi connectivity index (χ2v) is 6.11. The first kappa shape index (κ1) is 21.2. The summed E-state index contributed by atoms with van der Waals surface area (Å²) in [5.41, 5.74) is 1.28. The number of carbonyl (C=O) groups is 1. The summed E-state index contributed by atoms with van der Waals surface area (Å²) in [5.74, 6) is 0.0460.